The van der Waals surface area contributed by atoms with E-state index in [1.165, 1.54) is 6.08 Å². The van der Waals surface area contributed by atoms with Crippen LogP contribution in [0.3, 0.4) is 0 Å². The monoisotopic (exact) mass is 535 g/mol. The predicted molar refractivity (Wildman–Crippen MR) is 153 cm³/mol. The highest BCUT2D eigenvalue weighted by Gasteiger charge is 2.38. The molecule has 0 saturated carbocycles. The molecule has 0 radical (unpaired) electrons. The van der Waals surface area contributed by atoms with Crippen molar-refractivity contribution in [3.63, 3.8) is 0 Å². The Morgan fingerprint density at radius 2 is 1.65 bits per heavy atom. The molecule has 4 aromatic carbocycles. The van der Waals surface area contributed by atoms with Crippen LogP contribution in [0.1, 0.15) is 29.5 Å². The first kappa shape index (κ1) is 26.6. The number of ether oxygens (including phenoxy) is 4. The van der Waals surface area contributed by atoms with Crippen LogP contribution < -0.4 is 19.5 Å². The Balaban J connectivity index is 1.58. The Morgan fingerprint density at radius 3 is 2.40 bits per heavy atom. The lowest BCUT2D eigenvalue weighted by atomic mass is 9.80. The Bertz CT molecular complexity index is 1620. The van der Waals surface area contributed by atoms with Gasteiger partial charge in [-0.2, -0.15) is 0 Å². The fourth-order valence-corrected chi connectivity index (χ4v) is 4.88. The van der Waals surface area contributed by atoms with Crippen molar-refractivity contribution < 1.29 is 28.5 Å². The number of carbonyl (C=O) groups is 2. The van der Waals surface area contributed by atoms with E-state index in [0.717, 1.165) is 27.5 Å². The topological polar surface area (TPSA) is 83.1 Å². The summed E-state index contributed by atoms with van der Waals surface area (Å²) in [4.78, 5) is 26.6. The zero-order valence-electron chi connectivity index (χ0n) is 22.5. The molecule has 1 amide bonds. The molecule has 7 heteroatoms. The lowest BCUT2D eigenvalue weighted by molar-refractivity contribution is -0.139. The van der Waals surface area contributed by atoms with Gasteiger partial charge in [0.2, 0.25) is 5.88 Å². The van der Waals surface area contributed by atoms with Crippen LogP contribution in [-0.2, 0) is 14.3 Å². The molecule has 202 valence electrons. The fraction of sp³-hybridized carbons (Fsp3) is 0.152. The number of hydrogen-bond donors (Lipinski definition) is 1. The highest BCUT2D eigenvalue weighted by atomic mass is 16.5. The van der Waals surface area contributed by atoms with E-state index in [0.29, 0.717) is 17.2 Å². The summed E-state index contributed by atoms with van der Waals surface area (Å²) >= 11 is 0. The average molecular weight is 536 g/mol. The van der Waals surface area contributed by atoms with Crippen molar-refractivity contribution in [3.05, 3.63) is 119 Å². The van der Waals surface area contributed by atoms with Gasteiger partial charge in [-0.05, 0) is 53.1 Å². The van der Waals surface area contributed by atoms with E-state index in [4.69, 9.17) is 18.9 Å². The Kier molecular flexibility index (Phi) is 7.82. The number of amides is 1. The third kappa shape index (κ3) is 5.27. The zero-order chi connectivity index (χ0) is 28.1. The average Bonchev–Trinajstić information content (AvgIpc) is 2.99. The highest BCUT2D eigenvalue weighted by molar-refractivity contribution is 5.99. The molecule has 1 atom stereocenters. The summed E-state index contributed by atoms with van der Waals surface area (Å²) in [6.45, 7) is 1.92. The summed E-state index contributed by atoms with van der Waals surface area (Å²) in [5, 5.41) is 4.76. The molecule has 40 heavy (non-hydrogen) atoms. The van der Waals surface area contributed by atoms with Gasteiger partial charge in [0.1, 0.15) is 11.3 Å². The molecule has 1 aliphatic rings. The minimum absolute atomic E-state index is 0.0389. The fourth-order valence-electron chi connectivity index (χ4n) is 4.88. The molecule has 4 aromatic rings. The van der Waals surface area contributed by atoms with Crippen LogP contribution in [-0.4, -0.2) is 32.7 Å². The second kappa shape index (κ2) is 11.8. The summed E-state index contributed by atoms with van der Waals surface area (Å²) in [7, 11) is 3.11. The normalized spacial score (nSPS) is 14.4. The van der Waals surface area contributed by atoms with Crippen LogP contribution >= 0.6 is 0 Å². The van der Waals surface area contributed by atoms with E-state index >= 15 is 0 Å². The van der Waals surface area contributed by atoms with Crippen molar-refractivity contribution in [2.75, 3.05) is 20.8 Å². The van der Waals surface area contributed by atoms with Gasteiger partial charge in [-0.15, -0.1) is 0 Å². The minimum atomic E-state index is -0.561. The van der Waals surface area contributed by atoms with Gasteiger partial charge in [-0.1, -0.05) is 66.7 Å². The molecule has 0 aliphatic carbocycles. The van der Waals surface area contributed by atoms with Gasteiger partial charge in [0, 0.05) is 11.6 Å². The molecule has 1 N–H and O–H groups in total. The molecule has 0 spiro atoms. The standard InChI is InChI=1S/C33H29NO6/c1-4-39-33(36)31-29(23-11-6-5-7-12-23)30-24-13-9-8-10-22(24)16-18-26(30)40-32(31)34-28(35)19-15-21-14-17-25(37-2)27(20-21)38-3/h5-20,29H,4H2,1-3H3,(H,34,35)/b19-15+. The maximum atomic E-state index is 13.5. The van der Waals surface area contributed by atoms with Crippen LogP contribution in [0.15, 0.2) is 102 Å². The van der Waals surface area contributed by atoms with E-state index in [-0.39, 0.29) is 18.1 Å². The van der Waals surface area contributed by atoms with Crippen molar-refractivity contribution in [3.8, 4) is 17.2 Å². The van der Waals surface area contributed by atoms with E-state index < -0.39 is 17.8 Å². The second-order valence-electron chi connectivity index (χ2n) is 9.04. The largest absolute Gasteiger partial charge is 0.493 e. The molecule has 0 bridgehead atoms. The number of methoxy groups -OCH3 is 2. The van der Waals surface area contributed by atoms with Crippen molar-refractivity contribution >= 4 is 28.7 Å². The molecule has 0 aromatic heterocycles. The van der Waals surface area contributed by atoms with Crippen LogP contribution in [0.5, 0.6) is 17.2 Å². The first-order valence-electron chi connectivity index (χ1n) is 12.9. The quantitative estimate of drug-likeness (QED) is 0.221. The van der Waals surface area contributed by atoms with E-state index in [1.54, 1.807) is 45.4 Å². The smallest absolute Gasteiger partial charge is 0.340 e. The molecular formula is C33H29NO6. The van der Waals surface area contributed by atoms with Gasteiger partial charge < -0.3 is 18.9 Å². The van der Waals surface area contributed by atoms with Crippen molar-refractivity contribution in [1.29, 1.82) is 0 Å². The Labute approximate surface area is 232 Å². The summed E-state index contributed by atoms with van der Waals surface area (Å²) in [6, 6.07) is 26.8. The summed E-state index contributed by atoms with van der Waals surface area (Å²) in [5.74, 6) is 0.165. The summed E-state index contributed by atoms with van der Waals surface area (Å²) in [5.41, 5.74) is 2.67. The molecule has 5 rings (SSSR count). The van der Waals surface area contributed by atoms with Gasteiger partial charge in [0.05, 0.1) is 26.7 Å². The van der Waals surface area contributed by atoms with Gasteiger partial charge in [0.25, 0.3) is 5.91 Å². The first-order chi connectivity index (χ1) is 19.5. The van der Waals surface area contributed by atoms with E-state index in [9.17, 15) is 9.59 Å². The van der Waals surface area contributed by atoms with Crippen molar-refractivity contribution in [2.24, 2.45) is 0 Å². The predicted octanol–water partition coefficient (Wildman–Crippen LogP) is 5.99. The van der Waals surface area contributed by atoms with Gasteiger partial charge in [0.15, 0.2) is 11.5 Å². The number of fused-ring (bicyclic) bond motifs is 3. The zero-order valence-corrected chi connectivity index (χ0v) is 22.5. The Morgan fingerprint density at radius 1 is 0.900 bits per heavy atom. The van der Waals surface area contributed by atoms with Crippen molar-refractivity contribution in [2.45, 2.75) is 12.8 Å². The number of benzene rings is 4. The molecule has 0 fully saturated rings. The third-order valence-electron chi connectivity index (χ3n) is 6.66. The van der Waals surface area contributed by atoms with E-state index in [2.05, 4.69) is 5.32 Å². The summed E-state index contributed by atoms with van der Waals surface area (Å²) < 4.78 is 22.3. The number of esters is 1. The highest BCUT2D eigenvalue weighted by Crippen LogP contribution is 2.46. The number of nitrogens with one attached hydrogen (secondary N) is 1. The maximum absolute atomic E-state index is 13.5. The molecule has 1 heterocycles. The number of rotatable bonds is 8. The molecule has 1 unspecified atom stereocenters. The second-order valence-corrected chi connectivity index (χ2v) is 9.04. The summed E-state index contributed by atoms with van der Waals surface area (Å²) in [6.07, 6.45) is 3.01. The maximum Gasteiger partial charge on any atom is 0.340 e. The van der Waals surface area contributed by atoms with Gasteiger partial charge in [-0.25, -0.2) is 4.79 Å². The SMILES string of the molecule is CCOC(=O)C1=C(NC(=O)/C=C/c2ccc(OC)c(OC)c2)Oc2ccc3ccccc3c2C1c1ccccc1. The van der Waals surface area contributed by atoms with Crippen LogP contribution in [0.25, 0.3) is 16.8 Å². The third-order valence-corrected chi connectivity index (χ3v) is 6.66. The minimum Gasteiger partial charge on any atom is -0.493 e. The van der Waals surface area contributed by atoms with Crippen LogP contribution in [0, 0.1) is 0 Å². The lowest BCUT2D eigenvalue weighted by Gasteiger charge is -2.31. The number of hydrogen-bond acceptors (Lipinski definition) is 6. The van der Waals surface area contributed by atoms with E-state index in [1.807, 2.05) is 66.7 Å². The molecule has 7 nitrogen and oxygen atoms in total. The van der Waals surface area contributed by atoms with Gasteiger partial charge in [-0.3, -0.25) is 10.1 Å². The molecule has 1 aliphatic heterocycles. The molecule has 0 saturated heterocycles. The lowest BCUT2D eigenvalue weighted by Crippen LogP contribution is -2.33. The Hall–Kier alpha value is -5.04. The molecular weight excluding hydrogens is 506 g/mol. The first-order valence-corrected chi connectivity index (χ1v) is 12.9. The van der Waals surface area contributed by atoms with Crippen LogP contribution in [0.2, 0.25) is 0 Å². The number of carbonyl (C=O) groups excluding carboxylic acids is 2. The van der Waals surface area contributed by atoms with Crippen molar-refractivity contribution in [1.82, 2.24) is 5.32 Å². The van der Waals surface area contributed by atoms with Gasteiger partial charge >= 0.3 is 5.97 Å². The van der Waals surface area contributed by atoms with Crippen LogP contribution in [0.4, 0.5) is 0 Å².